The van der Waals surface area contributed by atoms with E-state index in [4.69, 9.17) is 18.9 Å². The van der Waals surface area contributed by atoms with Crippen LogP contribution >= 0.6 is 0 Å². The third kappa shape index (κ3) is 3.32. The molecule has 0 fully saturated rings. The largest absolute Gasteiger partial charge is 0.493 e. The predicted octanol–water partition coefficient (Wildman–Crippen LogP) is 2.42. The van der Waals surface area contributed by atoms with Crippen molar-refractivity contribution in [3.8, 4) is 34.1 Å². The Kier molecular flexibility index (Phi) is 6.46. The van der Waals surface area contributed by atoms with E-state index in [9.17, 15) is 4.79 Å². The lowest BCUT2D eigenvalue weighted by Crippen LogP contribution is -2.08. The van der Waals surface area contributed by atoms with Gasteiger partial charge in [-0.3, -0.25) is 4.79 Å². The molecule has 2 aromatic carbocycles. The van der Waals surface area contributed by atoms with Crippen LogP contribution in [0, 0.1) is 0 Å². The lowest BCUT2D eigenvalue weighted by Gasteiger charge is -2.24. The molecule has 6 nitrogen and oxygen atoms in total. The molecule has 0 spiro atoms. The van der Waals surface area contributed by atoms with Gasteiger partial charge in [-0.25, -0.2) is 0 Å². The third-order valence-electron chi connectivity index (χ3n) is 4.36. The highest BCUT2D eigenvalue weighted by molar-refractivity contribution is 5.83. The second-order valence-electron chi connectivity index (χ2n) is 5.53. The third-order valence-corrected chi connectivity index (χ3v) is 4.36. The van der Waals surface area contributed by atoms with Crippen molar-refractivity contribution in [2.24, 2.45) is 5.73 Å². The van der Waals surface area contributed by atoms with E-state index in [-0.39, 0.29) is 5.43 Å². The number of hydrogen-bond donors (Lipinski definition) is 1. The van der Waals surface area contributed by atoms with E-state index in [0.29, 0.717) is 23.0 Å². The topological polar surface area (TPSA) is 80.0 Å². The molecular weight excluding hydrogens is 334 g/mol. The van der Waals surface area contributed by atoms with Gasteiger partial charge in [0.15, 0.2) is 17.2 Å². The Labute approximate surface area is 153 Å². The zero-order valence-electron chi connectivity index (χ0n) is 15.8. The Hall–Kier alpha value is -2.73. The van der Waals surface area contributed by atoms with Crippen molar-refractivity contribution in [1.29, 1.82) is 0 Å². The number of hydrogen-bond acceptors (Lipinski definition) is 6. The van der Waals surface area contributed by atoms with Crippen molar-refractivity contribution < 1.29 is 18.9 Å². The highest BCUT2D eigenvalue weighted by Gasteiger charge is 2.26. The molecule has 140 valence electrons. The molecule has 0 saturated carbocycles. The van der Waals surface area contributed by atoms with Crippen LogP contribution in [0.25, 0.3) is 11.1 Å². The highest BCUT2D eigenvalue weighted by atomic mass is 16.5. The Morgan fingerprint density at radius 1 is 0.769 bits per heavy atom. The first-order valence-corrected chi connectivity index (χ1v) is 8.25. The monoisotopic (exact) mass is 359 g/mol. The molecule has 3 rings (SSSR count). The molecule has 2 N–H and O–H groups in total. The van der Waals surface area contributed by atoms with Gasteiger partial charge in [-0.15, -0.1) is 0 Å². The van der Waals surface area contributed by atoms with Crippen LogP contribution < -0.4 is 30.1 Å². The molecule has 0 aliphatic heterocycles. The van der Waals surface area contributed by atoms with Gasteiger partial charge in [0.05, 0.1) is 28.4 Å². The van der Waals surface area contributed by atoms with Gasteiger partial charge < -0.3 is 24.7 Å². The maximum atomic E-state index is 12.2. The molecule has 1 aliphatic rings. The van der Waals surface area contributed by atoms with Gasteiger partial charge in [0.25, 0.3) is 0 Å². The molecule has 0 atom stereocenters. The lowest BCUT2D eigenvalue weighted by molar-refractivity contribution is 0.324. The Morgan fingerprint density at radius 3 is 1.96 bits per heavy atom. The van der Waals surface area contributed by atoms with Gasteiger partial charge >= 0.3 is 0 Å². The second-order valence-corrected chi connectivity index (χ2v) is 5.53. The Bertz CT molecular complexity index is 848. The summed E-state index contributed by atoms with van der Waals surface area (Å²) in [5, 5.41) is 0. The molecule has 6 heteroatoms. The van der Waals surface area contributed by atoms with E-state index in [1.165, 1.54) is 14.2 Å². The lowest BCUT2D eigenvalue weighted by atomic mass is 9.85. The van der Waals surface area contributed by atoms with Crippen molar-refractivity contribution in [2.45, 2.75) is 12.8 Å². The summed E-state index contributed by atoms with van der Waals surface area (Å²) in [6.07, 6.45) is 1.57. The van der Waals surface area contributed by atoms with Crippen LogP contribution in [0.5, 0.6) is 23.0 Å². The van der Waals surface area contributed by atoms with Crippen LogP contribution in [0.4, 0.5) is 0 Å². The first-order chi connectivity index (χ1) is 12.6. The fourth-order valence-electron chi connectivity index (χ4n) is 3.24. The van der Waals surface area contributed by atoms with Crippen LogP contribution in [0.3, 0.4) is 0 Å². The number of aryl methyl sites for hydroxylation is 2. The molecule has 0 radical (unpaired) electrons. The molecule has 0 aromatic heterocycles. The second kappa shape index (κ2) is 8.58. The van der Waals surface area contributed by atoms with Crippen molar-refractivity contribution in [2.75, 3.05) is 35.5 Å². The fourth-order valence-corrected chi connectivity index (χ4v) is 3.24. The number of nitrogens with two attached hydrogens (primary N) is 1. The van der Waals surface area contributed by atoms with E-state index in [0.717, 1.165) is 35.1 Å². The van der Waals surface area contributed by atoms with Crippen LogP contribution in [-0.2, 0) is 12.8 Å². The van der Waals surface area contributed by atoms with E-state index in [1.807, 2.05) is 12.1 Å². The summed E-state index contributed by atoms with van der Waals surface area (Å²) >= 11 is 0. The van der Waals surface area contributed by atoms with Gasteiger partial charge in [-0.2, -0.15) is 0 Å². The van der Waals surface area contributed by atoms with Crippen molar-refractivity contribution in [3.05, 3.63) is 45.6 Å². The van der Waals surface area contributed by atoms with E-state index < -0.39 is 0 Å². The van der Waals surface area contributed by atoms with Gasteiger partial charge in [0, 0.05) is 5.56 Å². The summed E-state index contributed by atoms with van der Waals surface area (Å²) in [5.74, 6) is 2.13. The van der Waals surface area contributed by atoms with Crippen LogP contribution in [0.1, 0.15) is 11.1 Å². The van der Waals surface area contributed by atoms with Gasteiger partial charge in [-0.1, -0.05) is 6.07 Å². The maximum Gasteiger partial charge on any atom is 0.220 e. The molecule has 0 saturated heterocycles. The standard InChI is InChI=1S/C19H20O5.CH5N/c1-21-15-8-7-13-11(9-14(15)20)5-6-12-10-16(22-2)18(23-3)19(24-4)17(12)13;1-2/h7-10H,5-6H2,1-4H3;2H2,1H3. The van der Waals surface area contributed by atoms with Crippen molar-refractivity contribution in [1.82, 2.24) is 0 Å². The average molecular weight is 359 g/mol. The molecule has 1 aliphatic carbocycles. The first kappa shape index (κ1) is 19.6. The highest BCUT2D eigenvalue weighted by Crippen LogP contribution is 2.49. The molecule has 2 aromatic rings. The summed E-state index contributed by atoms with van der Waals surface area (Å²) in [6, 6.07) is 7.23. The van der Waals surface area contributed by atoms with E-state index >= 15 is 0 Å². The fraction of sp³-hybridized carbons (Fsp3) is 0.350. The Balaban J connectivity index is 0.00000117. The zero-order valence-corrected chi connectivity index (χ0v) is 15.8. The molecule has 0 bridgehead atoms. The van der Waals surface area contributed by atoms with Crippen LogP contribution in [-0.4, -0.2) is 35.5 Å². The molecule has 0 heterocycles. The van der Waals surface area contributed by atoms with Crippen LogP contribution in [0.15, 0.2) is 29.1 Å². The summed E-state index contributed by atoms with van der Waals surface area (Å²) in [6.45, 7) is 0. The first-order valence-electron chi connectivity index (χ1n) is 8.25. The molecule has 26 heavy (non-hydrogen) atoms. The molecular formula is C20H25NO5. The van der Waals surface area contributed by atoms with Gasteiger partial charge in [0.1, 0.15) is 0 Å². The van der Waals surface area contributed by atoms with E-state index in [2.05, 4.69) is 5.73 Å². The summed E-state index contributed by atoms with van der Waals surface area (Å²) in [4.78, 5) is 12.2. The molecule has 0 unspecified atom stereocenters. The minimum absolute atomic E-state index is 0.123. The number of methoxy groups -OCH3 is 4. The average Bonchev–Trinajstić information content (AvgIpc) is 2.85. The van der Waals surface area contributed by atoms with Crippen molar-refractivity contribution in [3.63, 3.8) is 0 Å². The predicted molar refractivity (Wildman–Crippen MR) is 102 cm³/mol. The number of fused-ring (bicyclic) bond motifs is 3. The molecule has 0 amide bonds. The van der Waals surface area contributed by atoms with Gasteiger partial charge in [-0.05, 0) is 54.8 Å². The zero-order chi connectivity index (χ0) is 19.3. The smallest absolute Gasteiger partial charge is 0.220 e. The van der Waals surface area contributed by atoms with Crippen LogP contribution in [0.2, 0.25) is 0 Å². The Morgan fingerprint density at radius 2 is 1.38 bits per heavy atom. The number of ether oxygens (including phenoxy) is 4. The minimum atomic E-state index is -0.123. The van der Waals surface area contributed by atoms with Crippen molar-refractivity contribution >= 4 is 0 Å². The quantitative estimate of drug-likeness (QED) is 0.903. The SMILES string of the molecule is CN.COc1cc2c(c(OC)c1OC)-c1ccc(OC)c(=O)cc1CC2. The van der Waals surface area contributed by atoms with E-state index in [1.54, 1.807) is 33.5 Å². The van der Waals surface area contributed by atoms with Gasteiger partial charge in [0.2, 0.25) is 11.2 Å². The normalized spacial score (nSPS) is 11.3. The number of rotatable bonds is 4. The summed E-state index contributed by atoms with van der Waals surface area (Å²) in [5.41, 5.74) is 8.35. The summed E-state index contributed by atoms with van der Waals surface area (Å²) < 4.78 is 21.7. The minimum Gasteiger partial charge on any atom is -0.493 e. The maximum absolute atomic E-state index is 12.2. The number of benzene rings is 1. The summed E-state index contributed by atoms with van der Waals surface area (Å²) in [7, 11) is 7.79.